The Labute approximate surface area is 162 Å². The summed E-state index contributed by atoms with van der Waals surface area (Å²) in [7, 11) is 0. The van der Waals surface area contributed by atoms with Crippen LogP contribution < -0.4 is 0 Å². The lowest BCUT2D eigenvalue weighted by Crippen LogP contribution is -1.91. The summed E-state index contributed by atoms with van der Waals surface area (Å²) < 4.78 is 14.6. The predicted octanol–water partition coefficient (Wildman–Crippen LogP) is 7.19. The van der Waals surface area contributed by atoms with Crippen molar-refractivity contribution >= 4 is 11.6 Å². The summed E-state index contributed by atoms with van der Waals surface area (Å²) in [4.78, 5) is 0. The smallest absolute Gasteiger partial charge is 0.149 e. The normalized spacial score (nSPS) is 10.7. The van der Waals surface area contributed by atoms with Gasteiger partial charge < -0.3 is 5.11 Å². The zero-order valence-electron chi connectivity index (χ0n) is 14.4. The summed E-state index contributed by atoms with van der Waals surface area (Å²) in [5.41, 5.74) is 4.12. The first-order chi connectivity index (χ1) is 13.2. The molecule has 4 rings (SSSR count). The van der Waals surface area contributed by atoms with E-state index in [0.29, 0.717) is 16.7 Å². The molecule has 0 amide bonds. The predicted molar refractivity (Wildman–Crippen MR) is 109 cm³/mol. The third-order valence-electron chi connectivity index (χ3n) is 4.58. The molecule has 0 saturated heterocycles. The molecule has 0 aliphatic carbocycles. The maximum Gasteiger partial charge on any atom is 0.149 e. The highest BCUT2D eigenvalue weighted by molar-refractivity contribution is 6.31. The summed E-state index contributed by atoms with van der Waals surface area (Å²) in [5.74, 6) is -0.302. The molecule has 0 aliphatic heterocycles. The van der Waals surface area contributed by atoms with Crippen LogP contribution in [0.3, 0.4) is 0 Å². The molecule has 0 bridgehead atoms. The van der Waals surface area contributed by atoms with Crippen LogP contribution in [0.4, 0.5) is 4.39 Å². The molecule has 0 saturated carbocycles. The zero-order chi connectivity index (χ0) is 18.8. The summed E-state index contributed by atoms with van der Waals surface area (Å²) in [5, 5.41) is 11.0. The Balaban J connectivity index is 1.93. The highest BCUT2D eigenvalue weighted by Gasteiger charge is 2.17. The molecule has 3 heteroatoms. The van der Waals surface area contributed by atoms with Gasteiger partial charge in [0.25, 0.3) is 0 Å². The fraction of sp³-hybridized carbons (Fsp3) is 0. The molecule has 0 unspecified atom stereocenters. The molecule has 0 aromatic heterocycles. The van der Waals surface area contributed by atoms with Crippen LogP contribution in [0.25, 0.3) is 33.4 Å². The minimum Gasteiger partial charge on any atom is -0.507 e. The SMILES string of the molecule is Oc1c(-c2ccccc2)cccc1-c1ccccc1-c1cccc(Cl)c1F. The molecule has 4 aromatic rings. The molecule has 0 radical (unpaired) electrons. The van der Waals surface area contributed by atoms with E-state index in [0.717, 1.165) is 16.7 Å². The number of phenols is 1. The second-order valence-electron chi connectivity index (χ2n) is 6.21. The maximum atomic E-state index is 14.6. The van der Waals surface area contributed by atoms with Gasteiger partial charge >= 0.3 is 0 Å². The Kier molecular flexibility index (Phi) is 4.66. The second-order valence-corrected chi connectivity index (χ2v) is 6.62. The van der Waals surface area contributed by atoms with Gasteiger partial charge in [0.15, 0.2) is 0 Å². The summed E-state index contributed by atoms with van der Waals surface area (Å²) in [6.07, 6.45) is 0. The van der Waals surface area contributed by atoms with Crippen LogP contribution in [0.2, 0.25) is 5.02 Å². The molecule has 0 heterocycles. The molecule has 1 nitrogen and oxygen atoms in total. The van der Waals surface area contributed by atoms with E-state index >= 15 is 0 Å². The summed E-state index contributed by atoms with van der Waals surface area (Å²) in [6, 6.07) is 27.6. The number of halogens is 2. The molecule has 132 valence electrons. The minimum atomic E-state index is -0.467. The van der Waals surface area contributed by atoms with Crippen LogP contribution in [0.15, 0.2) is 91.0 Å². The van der Waals surface area contributed by atoms with Gasteiger partial charge in [0, 0.05) is 16.7 Å². The van der Waals surface area contributed by atoms with Crippen molar-refractivity contribution in [1.29, 1.82) is 0 Å². The van der Waals surface area contributed by atoms with E-state index in [2.05, 4.69) is 0 Å². The van der Waals surface area contributed by atoms with E-state index in [4.69, 9.17) is 11.6 Å². The van der Waals surface area contributed by atoms with Gasteiger partial charge in [-0.2, -0.15) is 0 Å². The van der Waals surface area contributed by atoms with Gasteiger partial charge in [0.1, 0.15) is 11.6 Å². The van der Waals surface area contributed by atoms with Crippen molar-refractivity contribution in [1.82, 2.24) is 0 Å². The minimum absolute atomic E-state index is 0.0737. The third-order valence-corrected chi connectivity index (χ3v) is 4.87. The number of hydrogen-bond acceptors (Lipinski definition) is 1. The fourth-order valence-electron chi connectivity index (χ4n) is 3.28. The zero-order valence-corrected chi connectivity index (χ0v) is 15.1. The first-order valence-electron chi connectivity index (χ1n) is 8.58. The molecule has 27 heavy (non-hydrogen) atoms. The van der Waals surface area contributed by atoms with Gasteiger partial charge in [0.2, 0.25) is 0 Å². The Bertz CT molecular complexity index is 1110. The first kappa shape index (κ1) is 17.3. The average Bonchev–Trinajstić information content (AvgIpc) is 2.71. The molecule has 0 atom stereocenters. The molecule has 0 spiro atoms. The summed E-state index contributed by atoms with van der Waals surface area (Å²) in [6.45, 7) is 0. The van der Waals surface area contributed by atoms with E-state index < -0.39 is 5.82 Å². The Morgan fingerprint density at radius 1 is 0.556 bits per heavy atom. The van der Waals surface area contributed by atoms with Gasteiger partial charge in [0.05, 0.1) is 5.02 Å². The number of para-hydroxylation sites is 1. The lowest BCUT2D eigenvalue weighted by atomic mass is 9.91. The number of aromatic hydroxyl groups is 1. The van der Waals surface area contributed by atoms with Gasteiger partial charge in [-0.05, 0) is 22.8 Å². The average molecular weight is 375 g/mol. The van der Waals surface area contributed by atoms with Gasteiger partial charge in [-0.25, -0.2) is 4.39 Å². The lowest BCUT2D eigenvalue weighted by Gasteiger charge is -2.15. The van der Waals surface area contributed by atoms with E-state index in [1.807, 2.05) is 72.8 Å². The topological polar surface area (TPSA) is 20.2 Å². The standard InChI is InChI=1S/C24H16ClFO/c25-22-15-7-13-20(23(22)26)18-10-4-5-11-19(18)21-14-6-12-17(24(21)27)16-8-2-1-3-9-16/h1-15,27H. The highest BCUT2D eigenvalue weighted by atomic mass is 35.5. The largest absolute Gasteiger partial charge is 0.507 e. The van der Waals surface area contributed by atoms with Crippen molar-refractivity contribution in [3.05, 3.63) is 102 Å². The monoisotopic (exact) mass is 374 g/mol. The van der Waals surface area contributed by atoms with Crippen LogP contribution in [-0.2, 0) is 0 Å². The van der Waals surface area contributed by atoms with Crippen molar-refractivity contribution in [2.24, 2.45) is 0 Å². The number of phenolic OH excluding ortho intramolecular Hbond substituents is 1. The van der Waals surface area contributed by atoms with Gasteiger partial charge in [-0.15, -0.1) is 0 Å². The lowest BCUT2D eigenvalue weighted by molar-refractivity contribution is 0.479. The van der Waals surface area contributed by atoms with Crippen LogP contribution >= 0.6 is 11.6 Å². The fourth-order valence-corrected chi connectivity index (χ4v) is 3.45. The number of hydrogen-bond donors (Lipinski definition) is 1. The molecule has 0 aliphatic rings. The van der Waals surface area contributed by atoms with Crippen LogP contribution in [0.5, 0.6) is 5.75 Å². The first-order valence-corrected chi connectivity index (χ1v) is 8.96. The second kappa shape index (κ2) is 7.26. The van der Waals surface area contributed by atoms with E-state index in [-0.39, 0.29) is 10.8 Å². The number of benzene rings is 4. The maximum absolute atomic E-state index is 14.6. The molecule has 1 N–H and O–H groups in total. The Hall–Kier alpha value is -3.10. The van der Waals surface area contributed by atoms with Crippen molar-refractivity contribution in [2.45, 2.75) is 0 Å². The van der Waals surface area contributed by atoms with Gasteiger partial charge in [-0.3, -0.25) is 0 Å². The van der Waals surface area contributed by atoms with E-state index in [1.54, 1.807) is 12.1 Å². The van der Waals surface area contributed by atoms with Crippen LogP contribution in [-0.4, -0.2) is 5.11 Å². The summed E-state index contributed by atoms with van der Waals surface area (Å²) >= 11 is 5.97. The van der Waals surface area contributed by atoms with Gasteiger partial charge in [-0.1, -0.05) is 96.5 Å². The molecular formula is C24H16ClFO. The Morgan fingerprint density at radius 2 is 1.07 bits per heavy atom. The van der Waals surface area contributed by atoms with Crippen molar-refractivity contribution < 1.29 is 9.50 Å². The van der Waals surface area contributed by atoms with Crippen LogP contribution in [0.1, 0.15) is 0 Å². The van der Waals surface area contributed by atoms with E-state index in [1.165, 1.54) is 6.07 Å². The van der Waals surface area contributed by atoms with Crippen molar-refractivity contribution in [3.63, 3.8) is 0 Å². The van der Waals surface area contributed by atoms with Crippen molar-refractivity contribution in [3.8, 4) is 39.1 Å². The van der Waals surface area contributed by atoms with Crippen molar-refractivity contribution in [2.75, 3.05) is 0 Å². The third kappa shape index (κ3) is 3.20. The highest BCUT2D eigenvalue weighted by Crippen LogP contribution is 2.42. The molecular weight excluding hydrogens is 359 g/mol. The molecule has 4 aromatic carbocycles. The number of rotatable bonds is 3. The van der Waals surface area contributed by atoms with E-state index in [9.17, 15) is 9.50 Å². The Morgan fingerprint density at radius 3 is 1.81 bits per heavy atom. The molecule has 0 fully saturated rings. The van der Waals surface area contributed by atoms with Crippen LogP contribution in [0, 0.1) is 5.82 Å². The quantitative estimate of drug-likeness (QED) is 0.402.